The van der Waals surface area contributed by atoms with E-state index in [9.17, 15) is 4.79 Å². The molecule has 1 saturated heterocycles. The number of aryl methyl sites for hydroxylation is 1. The standard InChI is InChI=1S/C8H11N3O2/c1-5-2-7(10-13-5)11-4-6(9)3-8(11)12/h2,6H,3-4,9H2,1H3. The van der Waals surface area contributed by atoms with Crippen molar-refractivity contribution < 1.29 is 9.32 Å². The number of nitrogens with zero attached hydrogens (tertiary/aromatic N) is 2. The molecule has 1 aliphatic rings. The minimum absolute atomic E-state index is 0.0146. The van der Waals surface area contributed by atoms with Crippen LogP contribution < -0.4 is 10.6 Å². The van der Waals surface area contributed by atoms with E-state index >= 15 is 0 Å². The third-order valence-corrected chi connectivity index (χ3v) is 2.05. The van der Waals surface area contributed by atoms with Gasteiger partial charge in [0.25, 0.3) is 0 Å². The van der Waals surface area contributed by atoms with Crippen molar-refractivity contribution in [1.82, 2.24) is 5.16 Å². The Morgan fingerprint density at radius 1 is 1.77 bits per heavy atom. The Hall–Kier alpha value is -1.36. The summed E-state index contributed by atoms with van der Waals surface area (Å²) in [6, 6.07) is 1.65. The smallest absolute Gasteiger partial charge is 0.229 e. The van der Waals surface area contributed by atoms with Gasteiger partial charge in [0.1, 0.15) is 5.76 Å². The summed E-state index contributed by atoms with van der Waals surface area (Å²) < 4.78 is 4.88. The molecule has 5 heteroatoms. The zero-order valence-electron chi connectivity index (χ0n) is 7.36. The fourth-order valence-corrected chi connectivity index (χ4v) is 1.44. The molecule has 70 valence electrons. The van der Waals surface area contributed by atoms with Crippen molar-refractivity contribution in [1.29, 1.82) is 0 Å². The van der Waals surface area contributed by atoms with Crippen molar-refractivity contribution >= 4 is 11.7 Å². The number of hydrogen-bond acceptors (Lipinski definition) is 4. The molecule has 2 rings (SSSR count). The van der Waals surface area contributed by atoms with Gasteiger partial charge in [-0.05, 0) is 6.92 Å². The van der Waals surface area contributed by atoms with Gasteiger partial charge in [0, 0.05) is 25.1 Å². The summed E-state index contributed by atoms with van der Waals surface area (Å²) in [6.07, 6.45) is 0.395. The summed E-state index contributed by atoms with van der Waals surface area (Å²) in [7, 11) is 0. The lowest BCUT2D eigenvalue weighted by atomic mass is 10.3. The van der Waals surface area contributed by atoms with Crippen LogP contribution in [0.25, 0.3) is 0 Å². The van der Waals surface area contributed by atoms with Gasteiger partial charge >= 0.3 is 0 Å². The Morgan fingerprint density at radius 3 is 3.00 bits per heavy atom. The number of rotatable bonds is 1. The molecule has 1 amide bonds. The quantitative estimate of drug-likeness (QED) is 0.664. The molecule has 0 saturated carbocycles. The number of carbonyl (C=O) groups excluding carboxylic acids is 1. The predicted octanol–water partition coefficient (Wildman–Crippen LogP) is 0.0470. The van der Waals surface area contributed by atoms with E-state index in [1.807, 2.05) is 0 Å². The lowest BCUT2D eigenvalue weighted by Crippen LogP contribution is -2.28. The van der Waals surface area contributed by atoms with E-state index in [1.165, 1.54) is 0 Å². The fraction of sp³-hybridized carbons (Fsp3) is 0.500. The van der Waals surface area contributed by atoms with E-state index < -0.39 is 0 Å². The Balaban J connectivity index is 2.22. The largest absolute Gasteiger partial charge is 0.360 e. The summed E-state index contributed by atoms with van der Waals surface area (Å²) in [6.45, 7) is 2.32. The van der Waals surface area contributed by atoms with Gasteiger partial charge in [-0.3, -0.25) is 9.69 Å². The van der Waals surface area contributed by atoms with E-state index in [-0.39, 0.29) is 11.9 Å². The lowest BCUT2D eigenvalue weighted by Gasteiger charge is -2.10. The van der Waals surface area contributed by atoms with Crippen LogP contribution in [0.4, 0.5) is 5.82 Å². The molecule has 1 unspecified atom stereocenters. The maximum absolute atomic E-state index is 11.4. The Labute approximate surface area is 75.5 Å². The van der Waals surface area contributed by atoms with Crippen LogP contribution >= 0.6 is 0 Å². The number of amides is 1. The topological polar surface area (TPSA) is 72.4 Å². The number of anilines is 1. The van der Waals surface area contributed by atoms with Crippen LogP contribution in [-0.2, 0) is 4.79 Å². The molecular formula is C8H11N3O2. The SMILES string of the molecule is Cc1cc(N2CC(N)CC2=O)no1. The van der Waals surface area contributed by atoms with Gasteiger partial charge < -0.3 is 10.3 Å². The highest BCUT2D eigenvalue weighted by molar-refractivity contribution is 5.95. The molecule has 13 heavy (non-hydrogen) atoms. The van der Waals surface area contributed by atoms with E-state index in [0.717, 1.165) is 0 Å². The Kier molecular flexibility index (Phi) is 1.81. The third kappa shape index (κ3) is 1.42. The summed E-state index contributed by atoms with van der Waals surface area (Å²) in [5, 5.41) is 3.76. The molecule has 0 aliphatic carbocycles. The van der Waals surface area contributed by atoms with Gasteiger partial charge in [0.05, 0.1) is 0 Å². The van der Waals surface area contributed by atoms with Gasteiger partial charge in [0.2, 0.25) is 5.91 Å². The maximum atomic E-state index is 11.4. The van der Waals surface area contributed by atoms with Crippen molar-refractivity contribution in [2.75, 3.05) is 11.4 Å². The van der Waals surface area contributed by atoms with Crippen LogP contribution in [0.2, 0.25) is 0 Å². The van der Waals surface area contributed by atoms with Gasteiger partial charge in [0.15, 0.2) is 5.82 Å². The van der Waals surface area contributed by atoms with Crippen molar-refractivity contribution in [3.63, 3.8) is 0 Å². The zero-order chi connectivity index (χ0) is 9.42. The zero-order valence-corrected chi connectivity index (χ0v) is 7.36. The van der Waals surface area contributed by atoms with Crippen LogP contribution in [-0.4, -0.2) is 23.7 Å². The minimum atomic E-state index is -0.0792. The highest BCUT2D eigenvalue weighted by Gasteiger charge is 2.29. The van der Waals surface area contributed by atoms with Gasteiger partial charge in [-0.2, -0.15) is 0 Å². The number of hydrogen-bond donors (Lipinski definition) is 1. The molecule has 2 N–H and O–H groups in total. The molecule has 1 aromatic rings. The molecule has 5 nitrogen and oxygen atoms in total. The second kappa shape index (κ2) is 2.85. The Morgan fingerprint density at radius 2 is 2.54 bits per heavy atom. The fourth-order valence-electron chi connectivity index (χ4n) is 1.44. The molecule has 1 fully saturated rings. The molecule has 1 aliphatic heterocycles. The monoisotopic (exact) mass is 181 g/mol. The minimum Gasteiger partial charge on any atom is -0.360 e. The number of aromatic nitrogens is 1. The van der Waals surface area contributed by atoms with Crippen LogP contribution in [0.1, 0.15) is 12.2 Å². The first-order chi connectivity index (χ1) is 6.16. The summed E-state index contributed by atoms with van der Waals surface area (Å²) in [5.41, 5.74) is 5.64. The first kappa shape index (κ1) is 8.25. The van der Waals surface area contributed by atoms with E-state index in [1.54, 1.807) is 17.9 Å². The second-order valence-corrected chi connectivity index (χ2v) is 3.26. The summed E-state index contributed by atoms with van der Waals surface area (Å²) in [5.74, 6) is 1.28. The normalized spacial score (nSPS) is 22.8. The Bertz CT molecular complexity index is 334. The van der Waals surface area contributed by atoms with Gasteiger partial charge in [-0.15, -0.1) is 0 Å². The number of carbonyl (C=O) groups is 1. The van der Waals surface area contributed by atoms with E-state index in [0.29, 0.717) is 24.5 Å². The van der Waals surface area contributed by atoms with Crippen LogP contribution in [0.5, 0.6) is 0 Å². The third-order valence-electron chi connectivity index (χ3n) is 2.05. The molecule has 0 radical (unpaired) electrons. The predicted molar refractivity (Wildman–Crippen MR) is 46.2 cm³/mol. The van der Waals surface area contributed by atoms with E-state index in [4.69, 9.17) is 10.3 Å². The highest BCUT2D eigenvalue weighted by Crippen LogP contribution is 2.19. The van der Waals surface area contributed by atoms with E-state index in [2.05, 4.69) is 5.16 Å². The molecule has 1 aromatic heterocycles. The van der Waals surface area contributed by atoms with Crippen molar-refractivity contribution in [3.8, 4) is 0 Å². The highest BCUT2D eigenvalue weighted by atomic mass is 16.5. The molecular weight excluding hydrogens is 170 g/mol. The summed E-state index contributed by atoms with van der Waals surface area (Å²) >= 11 is 0. The maximum Gasteiger partial charge on any atom is 0.229 e. The lowest BCUT2D eigenvalue weighted by molar-refractivity contribution is -0.117. The van der Waals surface area contributed by atoms with Gasteiger partial charge in [-0.1, -0.05) is 5.16 Å². The first-order valence-electron chi connectivity index (χ1n) is 4.16. The van der Waals surface area contributed by atoms with Crippen molar-refractivity contribution in [2.45, 2.75) is 19.4 Å². The molecule has 0 spiro atoms. The van der Waals surface area contributed by atoms with Crippen molar-refractivity contribution in [2.24, 2.45) is 5.73 Å². The summed E-state index contributed by atoms with van der Waals surface area (Å²) in [4.78, 5) is 12.9. The van der Waals surface area contributed by atoms with Crippen LogP contribution in [0, 0.1) is 6.92 Å². The molecule has 1 atom stereocenters. The first-order valence-corrected chi connectivity index (χ1v) is 4.16. The average molecular weight is 181 g/mol. The number of nitrogens with two attached hydrogens (primary N) is 1. The van der Waals surface area contributed by atoms with Crippen molar-refractivity contribution in [3.05, 3.63) is 11.8 Å². The van der Waals surface area contributed by atoms with Crippen LogP contribution in [0.15, 0.2) is 10.6 Å². The average Bonchev–Trinajstić information content (AvgIpc) is 2.58. The molecule has 0 aromatic carbocycles. The second-order valence-electron chi connectivity index (χ2n) is 3.26. The van der Waals surface area contributed by atoms with Gasteiger partial charge in [-0.25, -0.2) is 0 Å². The molecule has 0 bridgehead atoms. The van der Waals surface area contributed by atoms with Crippen LogP contribution in [0.3, 0.4) is 0 Å². The molecule has 2 heterocycles.